The van der Waals surface area contributed by atoms with Crippen LogP contribution in [0.25, 0.3) is 22.6 Å². The van der Waals surface area contributed by atoms with E-state index in [1.165, 1.54) is 19.6 Å². The van der Waals surface area contributed by atoms with Crippen molar-refractivity contribution in [1.82, 2.24) is 4.98 Å². The molecule has 2 N–H and O–H groups in total. The Labute approximate surface area is 143 Å². The first kappa shape index (κ1) is 16.5. The van der Waals surface area contributed by atoms with E-state index in [4.69, 9.17) is 25.9 Å². The first-order chi connectivity index (χ1) is 11.4. The summed E-state index contributed by atoms with van der Waals surface area (Å²) in [5.74, 6) is 0.816. The number of nitrogens with two attached hydrogens (primary N) is 1. The summed E-state index contributed by atoms with van der Waals surface area (Å²) in [5.41, 5.74) is 1.45. The van der Waals surface area contributed by atoms with Crippen LogP contribution in [0.4, 0.5) is 0 Å². The summed E-state index contributed by atoms with van der Waals surface area (Å²) in [4.78, 5) is 4.14. The van der Waals surface area contributed by atoms with Crippen molar-refractivity contribution in [2.45, 2.75) is 4.90 Å². The smallest absolute Gasteiger partial charge is 0.238 e. The molecular weight excluding hydrogens is 352 g/mol. The second kappa shape index (κ2) is 6.27. The molecule has 0 radical (unpaired) electrons. The van der Waals surface area contributed by atoms with Crippen LogP contribution in [0.1, 0.15) is 0 Å². The van der Waals surface area contributed by atoms with E-state index in [0.717, 1.165) is 0 Å². The molecule has 0 fully saturated rings. The van der Waals surface area contributed by atoms with Crippen LogP contribution in [-0.4, -0.2) is 20.5 Å². The highest BCUT2D eigenvalue weighted by atomic mass is 35.5. The van der Waals surface area contributed by atoms with Crippen molar-refractivity contribution in [3.05, 3.63) is 53.9 Å². The molecule has 0 atom stereocenters. The van der Waals surface area contributed by atoms with Gasteiger partial charge < -0.3 is 9.15 Å². The van der Waals surface area contributed by atoms with Crippen LogP contribution in [0.15, 0.2) is 58.2 Å². The molecule has 0 spiro atoms. The normalized spacial score (nSPS) is 11.5. The maximum atomic E-state index is 11.8. The van der Waals surface area contributed by atoms with Crippen molar-refractivity contribution in [3.63, 3.8) is 0 Å². The van der Waals surface area contributed by atoms with Crippen LogP contribution >= 0.6 is 11.6 Å². The number of rotatable bonds is 4. The first-order valence-electron chi connectivity index (χ1n) is 6.81. The van der Waals surface area contributed by atoms with Crippen molar-refractivity contribution in [2.75, 3.05) is 7.11 Å². The number of halogens is 1. The van der Waals surface area contributed by atoms with Gasteiger partial charge in [-0.2, -0.15) is 0 Å². The zero-order valence-corrected chi connectivity index (χ0v) is 14.1. The van der Waals surface area contributed by atoms with E-state index < -0.39 is 10.0 Å². The van der Waals surface area contributed by atoms with Crippen LogP contribution in [0.3, 0.4) is 0 Å². The largest absolute Gasteiger partial charge is 0.495 e. The molecule has 3 aromatic rings. The molecule has 3 rings (SSSR count). The van der Waals surface area contributed by atoms with Gasteiger partial charge >= 0.3 is 0 Å². The molecule has 24 heavy (non-hydrogen) atoms. The maximum absolute atomic E-state index is 11.8. The topological polar surface area (TPSA) is 95.4 Å². The molecule has 1 aromatic heterocycles. The standard InChI is InChI=1S/C16H13ClN2O4S/c1-22-13-7-6-10(8-12(13)17)15-16(23-9-19-15)11-4-2-3-5-14(11)24(18,20)21/h2-9H,1H3,(H2,18,20,21). The molecule has 0 aliphatic heterocycles. The van der Waals surface area contributed by atoms with E-state index in [9.17, 15) is 8.42 Å². The van der Waals surface area contributed by atoms with Gasteiger partial charge in [-0.15, -0.1) is 0 Å². The predicted octanol–water partition coefficient (Wildman–Crippen LogP) is 3.32. The van der Waals surface area contributed by atoms with Crippen LogP contribution in [-0.2, 0) is 10.0 Å². The van der Waals surface area contributed by atoms with Gasteiger partial charge in [0.15, 0.2) is 12.2 Å². The third-order valence-corrected chi connectivity index (χ3v) is 4.70. The number of methoxy groups -OCH3 is 1. The number of nitrogens with zero attached hydrogens (tertiary/aromatic N) is 1. The molecule has 0 saturated heterocycles. The highest BCUT2D eigenvalue weighted by Gasteiger charge is 2.21. The lowest BCUT2D eigenvalue weighted by Gasteiger charge is -2.08. The second-order valence-corrected chi connectivity index (χ2v) is 6.86. The number of hydrogen-bond donors (Lipinski definition) is 1. The van der Waals surface area contributed by atoms with Crippen LogP contribution in [0, 0.1) is 0 Å². The zero-order valence-electron chi connectivity index (χ0n) is 12.6. The third-order valence-electron chi connectivity index (χ3n) is 3.43. The summed E-state index contributed by atoms with van der Waals surface area (Å²) in [5, 5.41) is 5.69. The Morgan fingerprint density at radius 3 is 2.62 bits per heavy atom. The number of aromatic nitrogens is 1. The molecule has 2 aromatic carbocycles. The lowest BCUT2D eigenvalue weighted by atomic mass is 10.1. The fraction of sp³-hybridized carbons (Fsp3) is 0.0625. The van der Waals surface area contributed by atoms with Gasteiger partial charge in [0.25, 0.3) is 0 Å². The summed E-state index contributed by atoms with van der Waals surface area (Å²) >= 11 is 6.15. The Morgan fingerprint density at radius 2 is 1.96 bits per heavy atom. The molecule has 6 nitrogen and oxygen atoms in total. The van der Waals surface area contributed by atoms with Crippen LogP contribution in [0.2, 0.25) is 5.02 Å². The van der Waals surface area contributed by atoms with E-state index >= 15 is 0 Å². The summed E-state index contributed by atoms with van der Waals surface area (Å²) in [6.07, 6.45) is 1.24. The lowest BCUT2D eigenvalue weighted by molar-refractivity contribution is 0.415. The van der Waals surface area contributed by atoms with E-state index in [1.54, 1.807) is 36.4 Å². The molecule has 0 amide bonds. The second-order valence-electron chi connectivity index (χ2n) is 4.92. The summed E-state index contributed by atoms with van der Waals surface area (Å²) in [6.45, 7) is 0. The predicted molar refractivity (Wildman–Crippen MR) is 90.3 cm³/mol. The Balaban J connectivity index is 2.18. The van der Waals surface area contributed by atoms with Crippen LogP contribution in [0.5, 0.6) is 5.75 Å². The van der Waals surface area contributed by atoms with Gasteiger partial charge in [0.05, 0.1) is 17.0 Å². The molecule has 0 saturated carbocycles. The average Bonchev–Trinajstić information content (AvgIpc) is 3.03. The fourth-order valence-electron chi connectivity index (χ4n) is 2.36. The van der Waals surface area contributed by atoms with Crippen LogP contribution < -0.4 is 9.88 Å². The fourth-order valence-corrected chi connectivity index (χ4v) is 3.35. The monoisotopic (exact) mass is 364 g/mol. The minimum absolute atomic E-state index is 0.0393. The molecule has 0 unspecified atom stereocenters. The Bertz CT molecular complexity index is 999. The van der Waals surface area contributed by atoms with Crippen molar-refractivity contribution >= 4 is 21.6 Å². The number of sulfonamides is 1. The SMILES string of the molecule is COc1ccc(-c2ncoc2-c2ccccc2S(N)(=O)=O)cc1Cl. The van der Waals surface area contributed by atoms with Gasteiger partial charge in [-0.05, 0) is 30.3 Å². The van der Waals surface area contributed by atoms with Gasteiger partial charge in [0.1, 0.15) is 11.4 Å². The molecule has 1 heterocycles. The third kappa shape index (κ3) is 3.01. The molecule has 8 heteroatoms. The van der Waals surface area contributed by atoms with E-state index in [2.05, 4.69) is 4.98 Å². The van der Waals surface area contributed by atoms with Gasteiger partial charge in [-0.3, -0.25) is 0 Å². The minimum atomic E-state index is -3.91. The molecule has 0 aliphatic carbocycles. The van der Waals surface area contributed by atoms with E-state index in [0.29, 0.717) is 33.4 Å². The average molecular weight is 365 g/mol. The Morgan fingerprint density at radius 1 is 1.21 bits per heavy atom. The van der Waals surface area contributed by atoms with E-state index in [-0.39, 0.29) is 4.90 Å². The molecule has 0 aliphatic rings. The minimum Gasteiger partial charge on any atom is -0.495 e. The number of benzene rings is 2. The van der Waals surface area contributed by atoms with E-state index in [1.807, 2.05) is 0 Å². The number of hydrogen-bond acceptors (Lipinski definition) is 5. The maximum Gasteiger partial charge on any atom is 0.238 e. The van der Waals surface area contributed by atoms with Gasteiger partial charge in [0, 0.05) is 11.1 Å². The van der Waals surface area contributed by atoms with Gasteiger partial charge in [-0.25, -0.2) is 18.5 Å². The van der Waals surface area contributed by atoms with Crippen molar-refractivity contribution in [1.29, 1.82) is 0 Å². The Kier molecular flexibility index (Phi) is 4.31. The highest BCUT2D eigenvalue weighted by Crippen LogP contribution is 2.37. The number of oxazole rings is 1. The number of primary sulfonamides is 1. The molecular formula is C16H13ClN2O4S. The molecule has 124 valence electrons. The lowest BCUT2D eigenvalue weighted by Crippen LogP contribution is -2.13. The van der Waals surface area contributed by atoms with Crippen molar-refractivity contribution in [3.8, 4) is 28.3 Å². The van der Waals surface area contributed by atoms with Gasteiger partial charge in [0.2, 0.25) is 10.0 Å². The van der Waals surface area contributed by atoms with Crippen molar-refractivity contribution in [2.24, 2.45) is 5.14 Å². The Hall–Kier alpha value is -2.35. The quantitative estimate of drug-likeness (QED) is 0.766. The summed E-state index contributed by atoms with van der Waals surface area (Å²) < 4.78 is 34.2. The summed E-state index contributed by atoms with van der Waals surface area (Å²) in [6, 6.07) is 11.4. The highest BCUT2D eigenvalue weighted by molar-refractivity contribution is 7.89. The molecule has 0 bridgehead atoms. The zero-order chi connectivity index (χ0) is 17.3. The summed E-state index contributed by atoms with van der Waals surface area (Å²) in [7, 11) is -2.39. The number of ether oxygens (including phenoxy) is 1. The van der Waals surface area contributed by atoms with Gasteiger partial charge in [-0.1, -0.05) is 23.7 Å². The van der Waals surface area contributed by atoms with Crippen molar-refractivity contribution < 1.29 is 17.6 Å². The first-order valence-corrected chi connectivity index (χ1v) is 8.74.